The molecule has 3 aromatic rings. The zero-order valence-electron chi connectivity index (χ0n) is 13.3. The third-order valence-corrected chi connectivity index (χ3v) is 6.51. The van der Waals surface area contributed by atoms with Gasteiger partial charge >= 0.3 is 5.69 Å². The van der Waals surface area contributed by atoms with Crippen molar-refractivity contribution >= 4 is 60.8 Å². The molecule has 0 aliphatic heterocycles. The Labute approximate surface area is 163 Å². The second-order valence-corrected chi connectivity index (χ2v) is 8.43. The van der Waals surface area contributed by atoms with E-state index in [1.807, 2.05) is 25.1 Å². The number of amides is 1. The van der Waals surface area contributed by atoms with Crippen LogP contribution in [0, 0.1) is 18.3 Å². The zero-order valence-corrected chi connectivity index (χ0v) is 16.5. The van der Waals surface area contributed by atoms with Crippen molar-refractivity contribution in [3.05, 3.63) is 54.6 Å². The van der Waals surface area contributed by atoms with Crippen molar-refractivity contribution in [1.29, 1.82) is 5.26 Å². The van der Waals surface area contributed by atoms with E-state index in [1.54, 1.807) is 6.07 Å². The molecule has 0 bridgehead atoms. The summed E-state index contributed by atoms with van der Waals surface area (Å²) in [5.74, 6) is -0.187. The fraction of sp³-hybridized carbons (Fsp3) is 0.125. The Balaban J connectivity index is 1.80. The highest BCUT2D eigenvalue weighted by Crippen LogP contribution is 2.35. The van der Waals surface area contributed by atoms with Crippen LogP contribution in [0.5, 0.6) is 0 Å². The number of nitrogens with zero attached hydrogens (tertiary/aromatic N) is 1. The maximum absolute atomic E-state index is 12.2. The summed E-state index contributed by atoms with van der Waals surface area (Å²) < 4.78 is 1.54. The van der Waals surface area contributed by atoms with Crippen molar-refractivity contribution in [2.75, 3.05) is 11.1 Å². The molecule has 0 aliphatic carbocycles. The van der Waals surface area contributed by atoms with Crippen LogP contribution in [0.2, 0.25) is 0 Å². The molecule has 0 saturated carbocycles. The van der Waals surface area contributed by atoms with Crippen LogP contribution in [0.4, 0.5) is 5.69 Å². The number of aromatic nitrogens is 2. The molecule has 3 rings (SSSR count). The summed E-state index contributed by atoms with van der Waals surface area (Å²) in [6, 6.07) is 7.57. The number of thioether (sulfide) groups is 1. The van der Waals surface area contributed by atoms with Gasteiger partial charge in [0.15, 0.2) is 0 Å². The Hall–Kier alpha value is -2.35. The molecule has 0 radical (unpaired) electrons. The van der Waals surface area contributed by atoms with Gasteiger partial charge in [-0.15, -0.1) is 23.1 Å². The predicted molar refractivity (Wildman–Crippen MR) is 106 cm³/mol. The van der Waals surface area contributed by atoms with Crippen LogP contribution in [0.25, 0.3) is 10.2 Å². The number of hydrogen-bond acceptors (Lipinski definition) is 6. The molecule has 0 aliphatic rings. The van der Waals surface area contributed by atoms with Crippen molar-refractivity contribution in [2.45, 2.75) is 11.1 Å². The quantitative estimate of drug-likeness (QED) is 0.527. The Kier molecular flexibility index (Phi) is 5.31. The van der Waals surface area contributed by atoms with Crippen LogP contribution in [0.15, 0.2) is 36.5 Å². The number of nitriles is 1. The van der Waals surface area contributed by atoms with E-state index in [-0.39, 0.29) is 27.4 Å². The summed E-state index contributed by atoms with van der Waals surface area (Å²) in [6.45, 7) is 1.95. The first-order valence-electron chi connectivity index (χ1n) is 7.27. The Bertz CT molecular complexity index is 1170. The molecule has 10 heteroatoms. The third-order valence-electron chi connectivity index (χ3n) is 3.39. The van der Waals surface area contributed by atoms with Gasteiger partial charge in [0.1, 0.15) is 16.3 Å². The molecule has 0 unspecified atom stereocenters. The van der Waals surface area contributed by atoms with Crippen LogP contribution in [-0.4, -0.2) is 21.6 Å². The van der Waals surface area contributed by atoms with E-state index in [9.17, 15) is 19.6 Å². The summed E-state index contributed by atoms with van der Waals surface area (Å²) in [5, 5.41) is 12.1. The summed E-state index contributed by atoms with van der Waals surface area (Å²) >= 11 is 5.61. The van der Waals surface area contributed by atoms with E-state index in [2.05, 4.69) is 31.2 Å². The maximum atomic E-state index is 12.2. The van der Waals surface area contributed by atoms with Gasteiger partial charge in [-0.25, -0.2) is 4.79 Å². The highest BCUT2D eigenvalue weighted by molar-refractivity contribution is 9.10. The Morgan fingerprint density at radius 3 is 2.85 bits per heavy atom. The lowest BCUT2D eigenvalue weighted by atomic mass is 10.2. The van der Waals surface area contributed by atoms with Crippen molar-refractivity contribution < 1.29 is 4.79 Å². The largest absolute Gasteiger partial charge is 0.326 e. The summed E-state index contributed by atoms with van der Waals surface area (Å²) in [6.07, 6.45) is 0. The number of anilines is 1. The van der Waals surface area contributed by atoms with Gasteiger partial charge < -0.3 is 10.3 Å². The van der Waals surface area contributed by atoms with Crippen LogP contribution in [0.1, 0.15) is 11.1 Å². The van der Waals surface area contributed by atoms with Crippen molar-refractivity contribution in [1.82, 2.24) is 9.97 Å². The fourth-order valence-corrected chi connectivity index (χ4v) is 4.95. The van der Waals surface area contributed by atoms with Gasteiger partial charge in [0, 0.05) is 4.47 Å². The fourth-order valence-electron chi connectivity index (χ4n) is 2.24. The van der Waals surface area contributed by atoms with Crippen LogP contribution in [-0.2, 0) is 4.79 Å². The Morgan fingerprint density at radius 1 is 1.38 bits per heavy atom. The molecule has 26 heavy (non-hydrogen) atoms. The normalized spacial score (nSPS) is 10.7. The highest BCUT2D eigenvalue weighted by atomic mass is 79.9. The minimum atomic E-state index is -0.671. The average molecular weight is 451 g/mol. The molecule has 7 nitrogen and oxygen atoms in total. The standard InChI is InChI=1S/C16H11BrN4O3S2/c1-7-2-3-10(9(17)4-7)19-11(22)6-25-15-8(5-18)12-13(26-15)14(23)21-16(24)20-12/h2-4H,6H2,1H3,(H,19,22)(H2,20,21,23,24). The van der Waals surface area contributed by atoms with E-state index < -0.39 is 11.2 Å². The van der Waals surface area contributed by atoms with Crippen molar-refractivity contribution in [3.8, 4) is 6.07 Å². The molecular weight excluding hydrogens is 440 g/mol. The topological polar surface area (TPSA) is 119 Å². The van der Waals surface area contributed by atoms with E-state index >= 15 is 0 Å². The van der Waals surface area contributed by atoms with E-state index in [0.29, 0.717) is 9.90 Å². The number of benzene rings is 1. The van der Waals surface area contributed by atoms with Gasteiger partial charge in [-0.3, -0.25) is 14.6 Å². The molecule has 0 fully saturated rings. The number of carbonyl (C=O) groups excluding carboxylic acids is 1. The van der Waals surface area contributed by atoms with E-state index in [0.717, 1.165) is 33.1 Å². The van der Waals surface area contributed by atoms with E-state index in [4.69, 9.17) is 0 Å². The molecule has 3 N–H and O–H groups in total. The molecule has 2 aromatic heterocycles. The van der Waals surface area contributed by atoms with Gasteiger partial charge in [0.05, 0.1) is 21.2 Å². The molecule has 1 amide bonds. The number of hydrogen-bond donors (Lipinski definition) is 3. The molecule has 0 atom stereocenters. The number of aromatic amines is 2. The number of H-pyrrole nitrogens is 2. The van der Waals surface area contributed by atoms with Crippen LogP contribution < -0.4 is 16.6 Å². The lowest BCUT2D eigenvalue weighted by molar-refractivity contribution is -0.113. The first-order chi connectivity index (χ1) is 12.4. The van der Waals surface area contributed by atoms with Crippen LogP contribution in [0.3, 0.4) is 0 Å². The Morgan fingerprint density at radius 2 is 2.15 bits per heavy atom. The van der Waals surface area contributed by atoms with Crippen LogP contribution >= 0.6 is 39.0 Å². The molecule has 0 saturated heterocycles. The summed E-state index contributed by atoms with van der Waals surface area (Å²) in [7, 11) is 0. The average Bonchev–Trinajstić information content (AvgIpc) is 2.93. The van der Waals surface area contributed by atoms with Gasteiger partial charge in [-0.05, 0) is 40.5 Å². The molecule has 2 heterocycles. The number of fused-ring (bicyclic) bond motifs is 1. The number of carbonyl (C=O) groups is 1. The molecular formula is C16H11BrN4O3S2. The molecule has 1 aromatic carbocycles. The summed E-state index contributed by atoms with van der Waals surface area (Å²) in [4.78, 5) is 40.1. The number of thiophene rings is 1. The first kappa shape index (κ1) is 18.4. The van der Waals surface area contributed by atoms with Crippen molar-refractivity contribution in [3.63, 3.8) is 0 Å². The highest BCUT2D eigenvalue weighted by Gasteiger charge is 2.17. The van der Waals surface area contributed by atoms with Gasteiger partial charge in [-0.1, -0.05) is 6.07 Å². The van der Waals surface area contributed by atoms with Gasteiger partial charge in [-0.2, -0.15) is 5.26 Å². The van der Waals surface area contributed by atoms with E-state index in [1.165, 1.54) is 0 Å². The SMILES string of the molecule is Cc1ccc(NC(=O)CSc2sc3c(=O)[nH]c(=O)[nH]c3c2C#N)c(Br)c1. The lowest BCUT2D eigenvalue weighted by Crippen LogP contribution is -2.20. The molecule has 0 spiro atoms. The third kappa shape index (κ3) is 3.75. The second kappa shape index (κ2) is 7.49. The van der Waals surface area contributed by atoms with Crippen molar-refractivity contribution in [2.24, 2.45) is 0 Å². The minimum absolute atomic E-state index is 0.0595. The zero-order chi connectivity index (χ0) is 18.8. The maximum Gasteiger partial charge on any atom is 0.326 e. The van der Waals surface area contributed by atoms with Gasteiger partial charge in [0.25, 0.3) is 5.56 Å². The number of nitrogens with one attached hydrogen (secondary N) is 3. The summed E-state index contributed by atoms with van der Waals surface area (Å²) in [5.41, 5.74) is 0.893. The number of halogens is 1. The number of aryl methyl sites for hydroxylation is 1. The first-order valence-corrected chi connectivity index (χ1v) is 9.86. The lowest BCUT2D eigenvalue weighted by Gasteiger charge is -2.07. The van der Waals surface area contributed by atoms with Gasteiger partial charge in [0.2, 0.25) is 5.91 Å². The molecule has 132 valence electrons. The monoisotopic (exact) mass is 450 g/mol. The smallest absolute Gasteiger partial charge is 0.324 e. The predicted octanol–water partition coefficient (Wildman–Crippen LogP) is 2.95. The number of rotatable bonds is 4. The second-order valence-electron chi connectivity index (χ2n) is 5.31. The minimum Gasteiger partial charge on any atom is -0.324 e.